The zero-order chi connectivity index (χ0) is 14.1. The first kappa shape index (κ1) is 14.1. The van der Waals surface area contributed by atoms with E-state index in [0.717, 1.165) is 32.0 Å². The summed E-state index contributed by atoms with van der Waals surface area (Å²) in [5.74, 6) is 1.03. The zero-order valence-electron chi connectivity index (χ0n) is 12.6. The van der Waals surface area contributed by atoms with E-state index in [1.54, 1.807) is 4.90 Å². The van der Waals surface area contributed by atoms with E-state index >= 15 is 0 Å². The molecule has 4 atom stereocenters. The number of carbonyl (C=O) groups is 1. The fraction of sp³-hybridized carbons (Fsp3) is 0.812. The minimum Gasteiger partial charge on any atom is -0.376 e. The lowest BCUT2D eigenvalue weighted by Crippen LogP contribution is -2.37. The number of nitrogens with zero attached hydrogens (tertiary/aromatic N) is 2. The summed E-state index contributed by atoms with van der Waals surface area (Å²) in [4.78, 5) is 16.6. The fourth-order valence-corrected chi connectivity index (χ4v) is 3.98. The minimum absolute atomic E-state index is 0.0385. The molecule has 2 aliphatic heterocycles. The van der Waals surface area contributed by atoms with E-state index in [4.69, 9.17) is 4.74 Å². The van der Waals surface area contributed by atoms with Gasteiger partial charge in [0.2, 0.25) is 5.91 Å². The lowest BCUT2D eigenvalue weighted by molar-refractivity contribution is -0.135. The van der Waals surface area contributed by atoms with E-state index < -0.39 is 0 Å². The lowest BCUT2D eigenvalue weighted by atomic mass is 9.93. The minimum atomic E-state index is 0.0385. The van der Waals surface area contributed by atoms with Crippen molar-refractivity contribution in [2.75, 3.05) is 33.8 Å². The van der Waals surface area contributed by atoms with Gasteiger partial charge in [-0.2, -0.15) is 0 Å². The second-order valence-electron chi connectivity index (χ2n) is 6.63. The van der Waals surface area contributed by atoms with Gasteiger partial charge in [-0.05, 0) is 31.6 Å². The molecule has 2 heterocycles. The molecule has 0 saturated carbocycles. The van der Waals surface area contributed by atoms with Gasteiger partial charge in [-0.3, -0.25) is 9.69 Å². The van der Waals surface area contributed by atoms with Gasteiger partial charge < -0.3 is 9.64 Å². The summed E-state index contributed by atoms with van der Waals surface area (Å²) in [5.41, 5.74) is 0. The number of rotatable bonds is 3. The second kappa shape index (κ2) is 5.86. The summed E-state index contributed by atoms with van der Waals surface area (Å²) in [6.45, 7) is 2.83. The third-order valence-electron chi connectivity index (χ3n) is 5.03. The molecule has 0 N–H and O–H groups in total. The average molecular weight is 278 g/mol. The van der Waals surface area contributed by atoms with Crippen molar-refractivity contribution in [3.05, 3.63) is 12.2 Å². The van der Waals surface area contributed by atoms with Crippen molar-refractivity contribution in [2.45, 2.75) is 37.8 Å². The third-order valence-corrected chi connectivity index (χ3v) is 5.03. The average Bonchev–Trinajstić information content (AvgIpc) is 3.03. The molecule has 2 fully saturated rings. The summed E-state index contributed by atoms with van der Waals surface area (Å²) in [7, 11) is 3.70. The summed E-state index contributed by atoms with van der Waals surface area (Å²) < 4.78 is 5.88. The smallest absolute Gasteiger partial charge is 0.229 e. The predicted octanol–water partition coefficient (Wildman–Crippen LogP) is 1.52. The molecule has 1 aliphatic carbocycles. The third kappa shape index (κ3) is 2.63. The van der Waals surface area contributed by atoms with Crippen LogP contribution < -0.4 is 0 Å². The Bertz CT molecular complexity index is 394. The van der Waals surface area contributed by atoms with Crippen LogP contribution in [0.1, 0.15) is 25.7 Å². The van der Waals surface area contributed by atoms with Crippen molar-refractivity contribution < 1.29 is 9.53 Å². The van der Waals surface area contributed by atoms with Crippen molar-refractivity contribution in [1.82, 2.24) is 9.80 Å². The van der Waals surface area contributed by atoms with Gasteiger partial charge in [0.1, 0.15) is 0 Å². The SMILES string of the molecule is CN(C)C(=O)[C@H]1CN(CC2CC=CCC2)[C@@H]2CCO[C@H]12. The number of allylic oxidation sites excluding steroid dienone is 2. The Hall–Kier alpha value is -0.870. The van der Waals surface area contributed by atoms with E-state index in [2.05, 4.69) is 17.1 Å². The number of carbonyl (C=O) groups excluding carboxylic acids is 1. The molecule has 0 radical (unpaired) electrons. The Balaban J connectivity index is 1.66. The first-order valence-corrected chi connectivity index (χ1v) is 7.88. The van der Waals surface area contributed by atoms with Crippen LogP contribution in [-0.4, -0.2) is 61.6 Å². The van der Waals surface area contributed by atoms with Crippen LogP contribution in [0, 0.1) is 11.8 Å². The van der Waals surface area contributed by atoms with Crippen molar-refractivity contribution >= 4 is 5.91 Å². The van der Waals surface area contributed by atoms with E-state index in [9.17, 15) is 4.79 Å². The van der Waals surface area contributed by atoms with Gasteiger partial charge in [0.25, 0.3) is 0 Å². The van der Waals surface area contributed by atoms with E-state index in [-0.39, 0.29) is 17.9 Å². The Kier molecular flexibility index (Phi) is 4.13. The van der Waals surface area contributed by atoms with Crippen LogP contribution in [0.5, 0.6) is 0 Å². The van der Waals surface area contributed by atoms with E-state index in [1.807, 2.05) is 14.1 Å². The molecule has 2 saturated heterocycles. The Morgan fingerprint density at radius 2 is 2.20 bits per heavy atom. The number of hydrogen-bond acceptors (Lipinski definition) is 3. The van der Waals surface area contributed by atoms with Crippen LogP contribution in [-0.2, 0) is 9.53 Å². The quantitative estimate of drug-likeness (QED) is 0.734. The van der Waals surface area contributed by atoms with Crippen LogP contribution in [0.15, 0.2) is 12.2 Å². The number of ether oxygens (including phenoxy) is 1. The van der Waals surface area contributed by atoms with Crippen LogP contribution in [0.4, 0.5) is 0 Å². The van der Waals surface area contributed by atoms with Gasteiger partial charge in [0, 0.05) is 39.8 Å². The van der Waals surface area contributed by atoms with Gasteiger partial charge in [-0.25, -0.2) is 0 Å². The first-order valence-electron chi connectivity index (χ1n) is 7.88. The van der Waals surface area contributed by atoms with Crippen LogP contribution in [0.3, 0.4) is 0 Å². The predicted molar refractivity (Wildman–Crippen MR) is 78.4 cm³/mol. The molecule has 20 heavy (non-hydrogen) atoms. The number of likely N-dealkylation sites (tertiary alicyclic amines) is 1. The number of amides is 1. The maximum atomic E-state index is 12.3. The normalized spacial score (nSPS) is 37.1. The van der Waals surface area contributed by atoms with Crippen molar-refractivity contribution in [2.24, 2.45) is 11.8 Å². The zero-order valence-corrected chi connectivity index (χ0v) is 12.6. The standard InChI is InChI=1S/C16H26N2O2/c1-17(2)16(19)13-11-18(14-8-9-20-15(13)14)10-12-6-4-3-5-7-12/h3-4,12-15H,5-11H2,1-2H3/t12?,13-,14+,15+/m0/s1. The Morgan fingerprint density at radius 1 is 1.35 bits per heavy atom. The summed E-state index contributed by atoms with van der Waals surface area (Å²) in [5, 5.41) is 0. The van der Waals surface area contributed by atoms with Gasteiger partial charge in [-0.15, -0.1) is 0 Å². The molecular formula is C16H26N2O2. The molecule has 4 nitrogen and oxygen atoms in total. The van der Waals surface area contributed by atoms with Crippen molar-refractivity contribution in [1.29, 1.82) is 0 Å². The van der Waals surface area contributed by atoms with Gasteiger partial charge in [-0.1, -0.05) is 12.2 Å². The van der Waals surface area contributed by atoms with Crippen LogP contribution in [0.25, 0.3) is 0 Å². The maximum Gasteiger partial charge on any atom is 0.229 e. The molecule has 112 valence electrons. The Morgan fingerprint density at radius 3 is 2.90 bits per heavy atom. The van der Waals surface area contributed by atoms with Crippen LogP contribution >= 0.6 is 0 Å². The molecule has 4 heteroatoms. The largest absolute Gasteiger partial charge is 0.376 e. The van der Waals surface area contributed by atoms with Crippen molar-refractivity contribution in [3.8, 4) is 0 Å². The molecule has 1 unspecified atom stereocenters. The van der Waals surface area contributed by atoms with E-state index in [0.29, 0.717) is 6.04 Å². The number of hydrogen-bond donors (Lipinski definition) is 0. The second-order valence-corrected chi connectivity index (χ2v) is 6.63. The molecule has 0 aromatic heterocycles. The van der Waals surface area contributed by atoms with E-state index in [1.165, 1.54) is 19.3 Å². The highest BCUT2D eigenvalue weighted by molar-refractivity contribution is 5.79. The maximum absolute atomic E-state index is 12.3. The lowest BCUT2D eigenvalue weighted by Gasteiger charge is -2.28. The Labute approximate surface area is 121 Å². The molecule has 0 bridgehead atoms. The monoisotopic (exact) mass is 278 g/mol. The highest BCUT2D eigenvalue weighted by Gasteiger charge is 2.49. The molecule has 0 aromatic rings. The summed E-state index contributed by atoms with van der Waals surface area (Å²) in [6, 6.07) is 0.467. The van der Waals surface area contributed by atoms with Crippen molar-refractivity contribution in [3.63, 3.8) is 0 Å². The van der Waals surface area contributed by atoms with Crippen LogP contribution in [0.2, 0.25) is 0 Å². The molecule has 0 spiro atoms. The van der Waals surface area contributed by atoms with Gasteiger partial charge in [0.15, 0.2) is 0 Å². The molecule has 3 rings (SSSR count). The molecule has 0 aromatic carbocycles. The first-order chi connectivity index (χ1) is 9.66. The highest BCUT2D eigenvalue weighted by atomic mass is 16.5. The van der Waals surface area contributed by atoms with Gasteiger partial charge in [0.05, 0.1) is 12.0 Å². The highest BCUT2D eigenvalue weighted by Crippen LogP contribution is 2.35. The summed E-state index contributed by atoms with van der Waals surface area (Å²) >= 11 is 0. The molecule has 1 amide bonds. The topological polar surface area (TPSA) is 32.8 Å². The van der Waals surface area contributed by atoms with Gasteiger partial charge >= 0.3 is 0 Å². The fourth-order valence-electron chi connectivity index (χ4n) is 3.98. The summed E-state index contributed by atoms with van der Waals surface area (Å²) in [6.07, 6.45) is 9.52. The molecule has 3 aliphatic rings. The molecular weight excluding hydrogens is 252 g/mol. The number of fused-ring (bicyclic) bond motifs is 1.